The van der Waals surface area contributed by atoms with Gasteiger partial charge in [-0.3, -0.25) is 4.98 Å². The Labute approximate surface area is 181 Å². The lowest BCUT2D eigenvalue weighted by Gasteiger charge is -2.16. The lowest BCUT2D eigenvalue weighted by Crippen LogP contribution is -2.15. The van der Waals surface area contributed by atoms with Gasteiger partial charge in [-0.2, -0.15) is 0 Å². The van der Waals surface area contributed by atoms with Crippen LogP contribution >= 0.6 is 0 Å². The number of hydrogen-bond donors (Lipinski definition) is 1. The van der Waals surface area contributed by atoms with Gasteiger partial charge in [0.2, 0.25) is 0 Å². The Morgan fingerprint density at radius 1 is 0.871 bits per heavy atom. The van der Waals surface area contributed by atoms with Gasteiger partial charge in [0.05, 0.1) is 12.3 Å². The monoisotopic (exact) mass is 410 g/mol. The van der Waals surface area contributed by atoms with Gasteiger partial charge in [-0.05, 0) is 24.6 Å². The van der Waals surface area contributed by atoms with Crippen molar-refractivity contribution in [1.29, 1.82) is 0 Å². The van der Waals surface area contributed by atoms with Crippen LogP contribution in [-0.2, 0) is 11.3 Å². The van der Waals surface area contributed by atoms with Crippen LogP contribution in [0.2, 0.25) is 0 Å². The molecule has 31 heavy (non-hydrogen) atoms. The number of carbonyl (C=O) groups is 1. The zero-order valence-electron chi connectivity index (χ0n) is 17.2. The van der Waals surface area contributed by atoms with Gasteiger partial charge in [-0.25, -0.2) is 14.8 Å². The molecule has 0 amide bonds. The summed E-state index contributed by atoms with van der Waals surface area (Å²) in [5, 5.41) is 3.32. The van der Waals surface area contributed by atoms with E-state index in [9.17, 15) is 4.79 Å². The second-order valence-electron chi connectivity index (χ2n) is 6.78. The quantitative estimate of drug-likeness (QED) is 0.432. The van der Waals surface area contributed by atoms with E-state index in [1.165, 1.54) is 0 Å². The van der Waals surface area contributed by atoms with E-state index >= 15 is 0 Å². The van der Waals surface area contributed by atoms with Gasteiger partial charge in [0, 0.05) is 30.1 Å². The predicted octanol–water partition coefficient (Wildman–Crippen LogP) is 4.99. The first kappa shape index (κ1) is 20.2. The minimum Gasteiger partial charge on any atom is -0.462 e. The molecular weight excluding hydrogens is 388 g/mol. The molecule has 6 nitrogen and oxygen atoms in total. The van der Waals surface area contributed by atoms with E-state index in [0.717, 1.165) is 16.7 Å². The van der Waals surface area contributed by atoms with E-state index in [1.54, 1.807) is 19.3 Å². The Morgan fingerprint density at radius 2 is 1.55 bits per heavy atom. The summed E-state index contributed by atoms with van der Waals surface area (Å²) in [5.41, 5.74) is 3.51. The van der Waals surface area contributed by atoms with Crippen LogP contribution < -0.4 is 5.32 Å². The molecule has 4 aromatic rings. The molecule has 0 bridgehead atoms. The molecule has 0 atom stereocenters. The van der Waals surface area contributed by atoms with Crippen molar-refractivity contribution in [2.24, 2.45) is 0 Å². The summed E-state index contributed by atoms with van der Waals surface area (Å²) < 4.78 is 5.35. The molecule has 0 unspecified atom stereocenters. The van der Waals surface area contributed by atoms with Crippen molar-refractivity contribution in [2.75, 3.05) is 11.9 Å². The van der Waals surface area contributed by atoms with Crippen molar-refractivity contribution in [2.45, 2.75) is 13.5 Å². The van der Waals surface area contributed by atoms with Crippen molar-refractivity contribution in [3.05, 3.63) is 96.3 Å². The van der Waals surface area contributed by atoms with Crippen molar-refractivity contribution >= 4 is 11.8 Å². The van der Waals surface area contributed by atoms with Gasteiger partial charge in [-0.15, -0.1) is 0 Å². The molecule has 0 aliphatic carbocycles. The van der Waals surface area contributed by atoms with Crippen LogP contribution in [0.5, 0.6) is 0 Å². The fourth-order valence-electron chi connectivity index (χ4n) is 3.20. The maximum absolute atomic E-state index is 13.0. The lowest BCUT2D eigenvalue weighted by molar-refractivity contribution is 0.0527. The van der Waals surface area contributed by atoms with Crippen LogP contribution in [-0.4, -0.2) is 27.5 Å². The summed E-state index contributed by atoms with van der Waals surface area (Å²) >= 11 is 0. The third-order valence-corrected chi connectivity index (χ3v) is 4.68. The normalized spacial score (nSPS) is 10.5. The number of aromatic nitrogens is 3. The first-order valence-electron chi connectivity index (χ1n) is 10.1. The molecule has 0 saturated heterocycles. The number of nitrogens with one attached hydrogen (secondary N) is 1. The molecule has 1 N–H and O–H groups in total. The number of ether oxygens (including phenoxy) is 1. The minimum atomic E-state index is -0.468. The van der Waals surface area contributed by atoms with Crippen LogP contribution in [0.4, 0.5) is 5.82 Å². The zero-order valence-corrected chi connectivity index (χ0v) is 17.2. The molecule has 0 aliphatic rings. The zero-order chi connectivity index (χ0) is 21.5. The fourth-order valence-corrected chi connectivity index (χ4v) is 3.20. The summed E-state index contributed by atoms with van der Waals surface area (Å²) in [7, 11) is 0. The lowest BCUT2D eigenvalue weighted by atomic mass is 10.1. The number of anilines is 1. The molecule has 6 heteroatoms. The van der Waals surface area contributed by atoms with Gasteiger partial charge in [0.1, 0.15) is 11.4 Å². The number of esters is 1. The molecule has 0 saturated carbocycles. The highest BCUT2D eigenvalue weighted by Gasteiger charge is 2.24. The predicted molar refractivity (Wildman–Crippen MR) is 120 cm³/mol. The molecule has 4 rings (SSSR count). The first-order valence-corrected chi connectivity index (χ1v) is 10.1. The summed E-state index contributed by atoms with van der Waals surface area (Å²) in [6.07, 6.45) is 3.34. The SMILES string of the molecule is CCOC(=O)c1c(NCc2ccccc2)nc(-c2ccccc2)nc1-c1ccncc1. The first-order chi connectivity index (χ1) is 15.3. The molecule has 0 radical (unpaired) electrons. The average molecular weight is 410 g/mol. The molecule has 0 spiro atoms. The number of rotatable bonds is 7. The van der Waals surface area contributed by atoms with Gasteiger partial charge in [0.25, 0.3) is 0 Å². The van der Waals surface area contributed by atoms with Crippen LogP contribution in [0, 0.1) is 0 Å². The van der Waals surface area contributed by atoms with Crippen molar-refractivity contribution in [3.8, 4) is 22.6 Å². The Bertz CT molecular complexity index is 1150. The highest BCUT2D eigenvalue weighted by atomic mass is 16.5. The van der Waals surface area contributed by atoms with Crippen molar-refractivity contribution in [1.82, 2.24) is 15.0 Å². The highest BCUT2D eigenvalue weighted by Crippen LogP contribution is 2.30. The van der Waals surface area contributed by atoms with E-state index in [2.05, 4.69) is 10.3 Å². The van der Waals surface area contributed by atoms with Crippen molar-refractivity contribution in [3.63, 3.8) is 0 Å². The Kier molecular flexibility index (Phi) is 6.28. The molecule has 0 fully saturated rings. The smallest absolute Gasteiger partial charge is 0.344 e. The summed E-state index contributed by atoms with van der Waals surface area (Å²) in [4.78, 5) is 26.5. The topological polar surface area (TPSA) is 77.0 Å². The molecular formula is C25H22N4O2. The summed E-state index contributed by atoms with van der Waals surface area (Å²) in [6.45, 7) is 2.54. The minimum absolute atomic E-state index is 0.257. The maximum Gasteiger partial charge on any atom is 0.344 e. The van der Waals surface area contributed by atoms with Gasteiger partial charge in [0.15, 0.2) is 5.82 Å². The van der Waals surface area contributed by atoms with Crippen LogP contribution in [0.1, 0.15) is 22.8 Å². The third kappa shape index (κ3) is 4.75. The largest absolute Gasteiger partial charge is 0.462 e. The van der Waals surface area contributed by atoms with Crippen LogP contribution in [0.3, 0.4) is 0 Å². The van der Waals surface area contributed by atoms with E-state index < -0.39 is 5.97 Å². The number of hydrogen-bond acceptors (Lipinski definition) is 6. The molecule has 154 valence electrons. The highest BCUT2D eigenvalue weighted by molar-refractivity contribution is 6.01. The van der Waals surface area contributed by atoms with E-state index in [0.29, 0.717) is 29.4 Å². The average Bonchev–Trinajstić information content (AvgIpc) is 2.84. The Balaban J connectivity index is 1.87. The van der Waals surface area contributed by atoms with E-state index in [4.69, 9.17) is 14.7 Å². The summed E-state index contributed by atoms with van der Waals surface area (Å²) in [5.74, 6) is 0.489. The van der Waals surface area contributed by atoms with Gasteiger partial charge in [-0.1, -0.05) is 60.7 Å². The van der Waals surface area contributed by atoms with Crippen LogP contribution in [0.25, 0.3) is 22.6 Å². The number of carbonyl (C=O) groups excluding carboxylic acids is 1. The molecule has 2 heterocycles. The van der Waals surface area contributed by atoms with Gasteiger partial charge >= 0.3 is 5.97 Å². The Morgan fingerprint density at radius 3 is 2.23 bits per heavy atom. The standard InChI is InChI=1S/C25H22N4O2/c1-2-31-25(30)21-22(19-13-15-26-16-14-19)28-23(20-11-7-4-8-12-20)29-24(21)27-17-18-9-5-3-6-10-18/h3-16H,2,17H2,1H3,(H,27,28,29). The van der Waals surface area contributed by atoms with Crippen molar-refractivity contribution < 1.29 is 9.53 Å². The van der Waals surface area contributed by atoms with Crippen LogP contribution in [0.15, 0.2) is 85.2 Å². The number of benzene rings is 2. The second kappa shape index (κ2) is 9.63. The maximum atomic E-state index is 13.0. The number of nitrogens with zero attached hydrogens (tertiary/aromatic N) is 3. The van der Waals surface area contributed by atoms with Gasteiger partial charge < -0.3 is 10.1 Å². The number of pyridine rings is 1. The molecule has 2 aromatic carbocycles. The molecule has 2 aromatic heterocycles. The molecule has 0 aliphatic heterocycles. The van der Waals surface area contributed by atoms with E-state index in [-0.39, 0.29) is 6.61 Å². The Hall–Kier alpha value is -4.06. The second-order valence-corrected chi connectivity index (χ2v) is 6.78. The van der Waals surface area contributed by atoms with E-state index in [1.807, 2.05) is 72.8 Å². The fraction of sp³-hybridized carbons (Fsp3) is 0.120. The third-order valence-electron chi connectivity index (χ3n) is 4.68. The summed E-state index contributed by atoms with van der Waals surface area (Å²) in [6, 6.07) is 23.3.